The van der Waals surface area contributed by atoms with E-state index in [1.54, 1.807) is 56.0 Å². The Hall–Kier alpha value is -2.89. The topological polar surface area (TPSA) is 66.8 Å². The molecule has 5 nitrogen and oxygen atoms in total. The van der Waals surface area contributed by atoms with Gasteiger partial charge in [-0.1, -0.05) is 18.2 Å². The number of rotatable bonds is 2. The second kappa shape index (κ2) is 7.02. The molecule has 0 fully saturated rings. The second-order valence-corrected chi connectivity index (χ2v) is 7.60. The van der Waals surface area contributed by atoms with Crippen molar-refractivity contribution in [2.75, 3.05) is 6.54 Å². The van der Waals surface area contributed by atoms with Crippen LogP contribution in [-0.4, -0.2) is 34.2 Å². The number of aromatic carboxylic acids is 1. The minimum atomic E-state index is -1.04. The van der Waals surface area contributed by atoms with Gasteiger partial charge in [-0.05, 0) is 68.1 Å². The first-order valence-electron chi connectivity index (χ1n) is 8.77. The highest BCUT2D eigenvalue weighted by Gasteiger charge is 2.35. The predicted molar refractivity (Wildman–Crippen MR) is 98.3 cm³/mol. The number of benzene rings is 2. The van der Waals surface area contributed by atoms with Crippen molar-refractivity contribution in [3.8, 4) is 0 Å². The van der Waals surface area contributed by atoms with Crippen LogP contribution < -0.4 is 0 Å². The highest BCUT2D eigenvalue weighted by Crippen LogP contribution is 2.36. The maximum atomic E-state index is 13.4. The molecule has 0 saturated heterocycles. The Kier molecular flexibility index (Phi) is 4.91. The Labute approximate surface area is 157 Å². The van der Waals surface area contributed by atoms with E-state index in [1.165, 1.54) is 12.1 Å². The van der Waals surface area contributed by atoms with E-state index in [1.807, 2.05) is 0 Å². The summed E-state index contributed by atoms with van der Waals surface area (Å²) in [5, 5.41) is 9.35. The van der Waals surface area contributed by atoms with E-state index in [2.05, 4.69) is 0 Å². The highest BCUT2D eigenvalue weighted by atomic mass is 19.1. The Balaban J connectivity index is 2.10. The third-order valence-corrected chi connectivity index (χ3v) is 4.43. The van der Waals surface area contributed by atoms with Crippen molar-refractivity contribution in [3.63, 3.8) is 0 Å². The molecule has 0 bridgehead atoms. The molecule has 2 aromatic carbocycles. The largest absolute Gasteiger partial charge is 0.478 e. The van der Waals surface area contributed by atoms with Crippen LogP contribution in [0.4, 0.5) is 9.18 Å². The van der Waals surface area contributed by atoms with Crippen LogP contribution in [0.5, 0.6) is 0 Å². The number of carbonyl (C=O) groups excluding carboxylic acids is 1. The van der Waals surface area contributed by atoms with Crippen molar-refractivity contribution in [2.45, 2.75) is 38.8 Å². The first-order valence-corrected chi connectivity index (χ1v) is 8.77. The van der Waals surface area contributed by atoms with Gasteiger partial charge in [-0.25, -0.2) is 14.0 Å². The number of carboxylic acid groups (broad SMARTS) is 1. The zero-order valence-corrected chi connectivity index (χ0v) is 15.5. The zero-order chi connectivity index (χ0) is 19.8. The summed E-state index contributed by atoms with van der Waals surface area (Å²) < 4.78 is 19.0. The number of fused-ring (bicyclic) bond motifs is 1. The lowest BCUT2D eigenvalue weighted by Gasteiger charge is -2.38. The molecule has 1 heterocycles. The van der Waals surface area contributed by atoms with Crippen molar-refractivity contribution in [2.24, 2.45) is 0 Å². The molecule has 1 N–H and O–H groups in total. The van der Waals surface area contributed by atoms with Crippen molar-refractivity contribution >= 4 is 12.1 Å². The fraction of sp³-hybridized carbons (Fsp3) is 0.333. The standard InChI is InChI=1S/C21H22FNO4/c1-21(2,3)27-20(26)23-11-10-13-4-5-15(19(24)25)12-17(13)18(23)14-6-8-16(22)9-7-14/h4-9,12,18H,10-11H2,1-3H3,(H,24,25)/t18-/m0/s1. The first-order chi connectivity index (χ1) is 12.7. The number of hydrogen-bond donors (Lipinski definition) is 1. The molecule has 1 amide bonds. The number of carbonyl (C=O) groups is 2. The van der Waals surface area contributed by atoms with Crippen molar-refractivity contribution in [1.82, 2.24) is 4.90 Å². The van der Waals surface area contributed by atoms with E-state index in [0.29, 0.717) is 18.5 Å². The number of carboxylic acids is 1. The molecular formula is C21H22FNO4. The van der Waals surface area contributed by atoms with Gasteiger partial charge in [-0.2, -0.15) is 0 Å². The smallest absolute Gasteiger partial charge is 0.411 e. The number of amides is 1. The summed E-state index contributed by atoms with van der Waals surface area (Å²) in [4.78, 5) is 25.8. The third-order valence-electron chi connectivity index (χ3n) is 4.43. The third kappa shape index (κ3) is 4.10. The van der Waals surface area contributed by atoms with Gasteiger partial charge >= 0.3 is 12.1 Å². The first kappa shape index (κ1) is 18.9. The SMILES string of the molecule is CC(C)(C)OC(=O)N1CCc2ccc(C(=O)O)cc2[C@@H]1c1ccc(F)cc1. The maximum Gasteiger partial charge on any atom is 0.411 e. The molecule has 0 aromatic heterocycles. The lowest BCUT2D eigenvalue weighted by molar-refractivity contribution is 0.0178. The molecule has 0 saturated carbocycles. The molecule has 0 aliphatic carbocycles. The molecule has 0 spiro atoms. The summed E-state index contributed by atoms with van der Waals surface area (Å²) in [6.45, 7) is 5.80. The zero-order valence-electron chi connectivity index (χ0n) is 15.5. The summed E-state index contributed by atoms with van der Waals surface area (Å²) in [6.07, 6.45) is 0.106. The molecule has 27 heavy (non-hydrogen) atoms. The molecular weight excluding hydrogens is 349 g/mol. The van der Waals surface area contributed by atoms with Gasteiger partial charge in [0.05, 0.1) is 11.6 Å². The van der Waals surface area contributed by atoms with Gasteiger partial charge in [0, 0.05) is 6.54 Å². The number of ether oxygens (including phenoxy) is 1. The van der Waals surface area contributed by atoms with Crippen LogP contribution in [0.25, 0.3) is 0 Å². The summed E-state index contributed by atoms with van der Waals surface area (Å²) >= 11 is 0. The van der Waals surface area contributed by atoms with Crippen molar-refractivity contribution < 1.29 is 23.8 Å². The summed E-state index contributed by atoms with van der Waals surface area (Å²) in [7, 11) is 0. The summed E-state index contributed by atoms with van der Waals surface area (Å²) in [5.74, 6) is -1.41. The van der Waals surface area contributed by atoms with Gasteiger partial charge in [0.2, 0.25) is 0 Å². The Morgan fingerprint density at radius 3 is 2.41 bits per heavy atom. The van der Waals surface area contributed by atoms with Crippen molar-refractivity contribution in [3.05, 3.63) is 70.5 Å². The molecule has 2 aromatic rings. The van der Waals surface area contributed by atoms with Crippen LogP contribution >= 0.6 is 0 Å². The number of hydrogen-bond acceptors (Lipinski definition) is 3. The molecule has 0 unspecified atom stereocenters. The van der Waals surface area contributed by atoms with E-state index < -0.39 is 23.7 Å². The lowest BCUT2D eigenvalue weighted by Crippen LogP contribution is -2.43. The van der Waals surface area contributed by atoms with Crippen LogP contribution in [0.3, 0.4) is 0 Å². The summed E-state index contributed by atoms with van der Waals surface area (Å²) in [6, 6.07) is 10.3. The van der Waals surface area contributed by atoms with E-state index in [-0.39, 0.29) is 11.4 Å². The predicted octanol–water partition coefficient (Wildman–Crippen LogP) is 4.41. The Morgan fingerprint density at radius 2 is 1.81 bits per heavy atom. The Morgan fingerprint density at radius 1 is 1.15 bits per heavy atom. The fourth-order valence-electron chi connectivity index (χ4n) is 3.27. The highest BCUT2D eigenvalue weighted by molar-refractivity contribution is 5.88. The van der Waals surface area contributed by atoms with Crippen molar-refractivity contribution in [1.29, 1.82) is 0 Å². The average molecular weight is 371 g/mol. The molecule has 1 aliphatic heterocycles. The molecule has 6 heteroatoms. The minimum absolute atomic E-state index is 0.145. The second-order valence-electron chi connectivity index (χ2n) is 7.60. The van der Waals surface area contributed by atoms with Crippen LogP contribution in [0.1, 0.15) is 53.9 Å². The van der Waals surface area contributed by atoms with Gasteiger partial charge < -0.3 is 9.84 Å². The lowest BCUT2D eigenvalue weighted by atomic mass is 9.87. The Bertz CT molecular complexity index is 871. The van der Waals surface area contributed by atoms with Gasteiger partial charge in [0.15, 0.2) is 0 Å². The number of halogens is 1. The molecule has 3 rings (SSSR count). The van der Waals surface area contributed by atoms with Crippen LogP contribution in [0.2, 0.25) is 0 Å². The molecule has 0 radical (unpaired) electrons. The van der Waals surface area contributed by atoms with Gasteiger partial charge in [-0.15, -0.1) is 0 Å². The monoisotopic (exact) mass is 371 g/mol. The van der Waals surface area contributed by atoms with Crippen LogP contribution in [0.15, 0.2) is 42.5 Å². The maximum absolute atomic E-state index is 13.4. The molecule has 1 atom stereocenters. The van der Waals surface area contributed by atoms with Crippen LogP contribution in [0, 0.1) is 5.82 Å². The molecule has 142 valence electrons. The fourth-order valence-corrected chi connectivity index (χ4v) is 3.27. The van der Waals surface area contributed by atoms with Gasteiger partial charge in [0.25, 0.3) is 0 Å². The van der Waals surface area contributed by atoms with Gasteiger partial charge in [-0.3, -0.25) is 4.90 Å². The normalized spacial score (nSPS) is 16.6. The van der Waals surface area contributed by atoms with E-state index >= 15 is 0 Å². The van der Waals surface area contributed by atoms with E-state index in [9.17, 15) is 19.1 Å². The number of nitrogens with zero attached hydrogens (tertiary/aromatic N) is 1. The van der Waals surface area contributed by atoms with Gasteiger partial charge in [0.1, 0.15) is 11.4 Å². The van der Waals surface area contributed by atoms with Crippen LogP contribution in [-0.2, 0) is 11.2 Å². The van der Waals surface area contributed by atoms with E-state index in [0.717, 1.165) is 11.1 Å². The molecule has 1 aliphatic rings. The summed E-state index contributed by atoms with van der Waals surface area (Å²) in [5.41, 5.74) is 1.87. The minimum Gasteiger partial charge on any atom is -0.478 e. The quantitative estimate of drug-likeness (QED) is 0.849. The average Bonchev–Trinajstić information content (AvgIpc) is 2.59. The van der Waals surface area contributed by atoms with E-state index in [4.69, 9.17) is 4.74 Å².